The molecule has 27 heavy (non-hydrogen) atoms. The van der Waals surface area contributed by atoms with Crippen LogP contribution in [0.15, 0.2) is 42.5 Å². The second kappa shape index (κ2) is 7.08. The van der Waals surface area contributed by atoms with Gasteiger partial charge in [0, 0.05) is 16.5 Å². The van der Waals surface area contributed by atoms with Gasteiger partial charge in [-0.2, -0.15) is 18.3 Å². The molecule has 2 aromatic carbocycles. The molecule has 1 aromatic heterocycles. The topological polar surface area (TPSA) is 55.1 Å². The molecule has 0 aliphatic carbocycles. The summed E-state index contributed by atoms with van der Waals surface area (Å²) in [6, 6.07) is 8.52. The van der Waals surface area contributed by atoms with E-state index in [0.29, 0.717) is 10.4 Å². The van der Waals surface area contributed by atoms with Gasteiger partial charge in [-0.3, -0.25) is 4.68 Å². The minimum atomic E-state index is -4.49. The third-order valence-electron chi connectivity index (χ3n) is 4.12. The van der Waals surface area contributed by atoms with Gasteiger partial charge in [0.2, 0.25) is 0 Å². The zero-order valence-electron chi connectivity index (χ0n) is 14.1. The number of nitrogens with zero attached hydrogens (tertiary/aromatic N) is 2. The summed E-state index contributed by atoms with van der Waals surface area (Å²) in [5.74, 6) is -1.17. The standard InChI is InChI=1S/C19H14ClF3N2O2/c1-11-8-14(20)4-2-12(11)10-25-17-9-13(19(21,22)23)3-5-15(17)16(24-25)6-7-18(26)27/h2-9H,10H2,1H3,(H,26,27)/b7-6+. The Kier molecular flexibility index (Phi) is 4.97. The summed E-state index contributed by atoms with van der Waals surface area (Å²) < 4.78 is 40.8. The summed E-state index contributed by atoms with van der Waals surface area (Å²) in [7, 11) is 0. The van der Waals surface area contributed by atoms with Crippen LogP contribution in [-0.2, 0) is 17.5 Å². The fraction of sp³-hybridized carbons (Fsp3) is 0.158. The van der Waals surface area contributed by atoms with Gasteiger partial charge in [0.1, 0.15) is 0 Å². The van der Waals surface area contributed by atoms with Crippen LogP contribution in [0.3, 0.4) is 0 Å². The van der Waals surface area contributed by atoms with Crippen molar-refractivity contribution in [3.05, 3.63) is 69.9 Å². The monoisotopic (exact) mass is 394 g/mol. The lowest BCUT2D eigenvalue weighted by Crippen LogP contribution is -2.06. The molecule has 0 aliphatic heterocycles. The van der Waals surface area contributed by atoms with Crippen LogP contribution in [0.5, 0.6) is 0 Å². The predicted octanol–water partition coefficient (Wildman–Crippen LogP) is 5.16. The summed E-state index contributed by atoms with van der Waals surface area (Å²) in [5.41, 5.74) is 1.48. The van der Waals surface area contributed by atoms with Crippen molar-refractivity contribution in [2.45, 2.75) is 19.6 Å². The molecule has 0 unspecified atom stereocenters. The Morgan fingerprint density at radius 1 is 1.26 bits per heavy atom. The van der Waals surface area contributed by atoms with Crippen LogP contribution in [0.2, 0.25) is 5.02 Å². The Morgan fingerprint density at radius 2 is 2.00 bits per heavy atom. The average Bonchev–Trinajstić information content (AvgIpc) is 2.92. The highest BCUT2D eigenvalue weighted by Gasteiger charge is 2.31. The highest BCUT2D eigenvalue weighted by atomic mass is 35.5. The minimum Gasteiger partial charge on any atom is -0.478 e. The number of rotatable bonds is 4. The number of benzene rings is 2. The van der Waals surface area contributed by atoms with Crippen LogP contribution in [-0.4, -0.2) is 20.9 Å². The third kappa shape index (κ3) is 4.14. The predicted molar refractivity (Wildman–Crippen MR) is 96.7 cm³/mol. The van der Waals surface area contributed by atoms with Crippen LogP contribution in [0.4, 0.5) is 13.2 Å². The van der Waals surface area contributed by atoms with Crippen molar-refractivity contribution in [1.82, 2.24) is 9.78 Å². The first-order valence-corrected chi connectivity index (χ1v) is 8.27. The average molecular weight is 395 g/mol. The number of aromatic nitrogens is 2. The Morgan fingerprint density at radius 3 is 2.63 bits per heavy atom. The molecule has 0 saturated carbocycles. The molecule has 3 rings (SSSR count). The minimum absolute atomic E-state index is 0.224. The number of fused-ring (bicyclic) bond motifs is 1. The molecule has 1 N–H and O–H groups in total. The van der Waals surface area contributed by atoms with Crippen molar-refractivity contribution in [1.29, 1.82) is 0 Å². The van der Waals surface area contributed by atoms with Gasteiger partial charge in [-0.1, -0.05) is 17.7 Å². The molecule has 3 aromatic rings. The van der Waals surface area contributed by atoms with Gasteiger partial charge >= 0.3 is 12.1 Å². The highest BCUT2D eigenvalue weighted by Crippen LogP contribution is 2.33. The van der Waals surface area contributed by atoms with Gasteiger partial charge in [0.15, 0.2) is 0 Å². The molecule has 0 aliphatic rings. The number of hydrogen-bond acceptors (Lipinski definition) is 2. The van der Waals surface area contributed by atoms with Crippen LogP contribution in [0.1, 0.15) is 22.4 Å². The van der Waals surface area contributed by atoms with E-state index in [-0.39, 0.29) is 17.8 Å². The van der Waals surface area contributed by atoms with Crippen molar-refractivity contribution in [3.63, 3.8) is 0 Å². The molecule has 0 atom stereocenters. The maximum atomic E-state index is 13.1. The zero-order chi connectivity index (χ0) is 19.8. The van der Waals surface area contributed by atoms with Crippen molar-refractivity contribution < 1.29 is 23.1 Å². The van der Waals surface area contributed by atoms with Gasteiger partial charge < -0.3 is 5.11 Å². The molecule has 4 nitrogen and oxygen atoms in total. The molecule has 0 spiro atoms. The lowest BCUT2D eigenvalue weighted by molar-refractivity contribution is -0.137. The molecule has 8 heteroatoms. The van der Waals surface area contributed by atoms with E-state index in [2.05, 4.69) is 5.10 Å². The highest BCUT2D eigenvalue weighted by molar-refractivity contribution is 6.30. The molecule has 0 bridgehead atoms. The molecule has 0 radical (unpaired) electrons. The number of halogens is 4. The molecular formula is C19H14ClF3N2O2. The summed E-state index contributed by atoms with van der Waals surface area (Å²) in [6.45, 7) is 2.07. The molecule has 0 saturated heterocycles. The van der Waals surface area contributed by atoms with E-state index in [9.17, 15) is 18.0 Å². The molecule has 140 valence electrons. The number of alkyl halides is 3. The Balaban J connectivity index is 2.15. The first-order chi connectivity index (χ1) is 12.6. The fourth-order valence-electron chi connectivity index (χ4n) is 2.77. The van der Waals surface area contributed by atoms with Crippen LogP contribution in [0, 0.1) is 6.92 Å². The number of carbonyl (C=O) groups is 1. The largest absolute Gasteiger partial charge is 0.478 e. The van der Waals surface area contributed by atoms with Gasteiger partial charge in [-0.15, -0.1) is 0 Å². The smallest absolute Gasteiger partial charge is 0.416 e. The quantitative estimate of drug-likeness (QED) is 0.621. The summed E-state index contributed by atoms with van der Waals surface area (Å²) in [4.78, 5) is 10.8. The van der Waals surface area contributed by atoms with Gasteiger partial charge in [-0.05, 0) is 54.5 Å². The van der Waals surface area contributed by atoms with Crippen molar-refractivity contribution in [3.8, 4) is 0 Å². The maximum absolute atomic E-state index is 13.1. The lowest BCUT2D eigenvalue weighted by atomic mass is 10.1. The summed E-state index contributed by atoms with van der Waals surface area (Å²) in [5, 5.41) is 14.1. The van der Waals surface area contributed by atoms with Gasteiger partial charge in [-0.25, -0.2) is 4.79 Å². The molecule has 0 fully saturated rings. The van der Waals surface area contributed by atoms with E-state index in [1.807, 2.05) is 6.92 Å². The third-order valence-corrected chi connectivity index (χ3v) is 4.35. The van der Waals surface area contributed by atoms with Gasteiger partial charge in [0.25, 0.3) is 0 Å². The van der Waals surface area contributed by atoms with Gasteiger partial charge in [0.05, 0.1) is 23.3 Å². The molecule has 1 heterocycles. The lowest BCUT2D eigenvalue weighted by Gasteiger charge is -2.10. The van der Waals surface area contributed by atoms with Crippen molar-refractivity contribution >= 4 is 34.5 Å². The van der Waals surface area contributed by atoms with E-state index in [4.69, 9.17) is 16.7 Å². The molecular weight excluding hydrogens is 381 g/mol. The fourth-order valence-corrected chi connectivity index (χ4v) is 2.99. The van der Waals surface area contributed by atoms with E-state index in [1.165, 1.54) is 16.8 Å². The van der Waals surface area contributed by atoms with E-state index < -0.39 is 17.7 Å². The molecule has 0 amide bonds. The normalized spacial score (nSPS) is 12.2. The number of carboxylic acids is 1. The van der Waals surface area contributed by atoms with Crippen molar-refractivity contribution in [2.75, 3.05) is 0 Å². The number of hydrogen-bond donors (Lipinski definition) is 1. The number of aryl methyl sites for hydroxylation is 1. The Bertz CT molecular complexity index is 1060. The van der Waals surface area contributed by atoms with E-state index >= 15 is 0 Å². The van der Waals surface area contributed by atoms with E-state index in [0.717, 1.165) is 29.3 Å². The van der Waals surface area contributed by atoms with Crippen molar-refractivity contribution in [2.24, 2.45) is 0 Å². The first-order valence-electron chi connectivity index (χ1n) is 7.89. The Hall–Kier alpha value is -2.80. The second-order valence-electron chi connectivity index (χ2n) is 6.01. The van der Waals surface area contributed by atoms with Crippen LogP contribution < -0.4 is 0 Å². The summed E-state index contributed by atoms with van der Waals surface area (Å²) in [6.07, 6.45) is -2.32. The first kappa shape index (κ1) is 19.0. The second-order valence-corrected chi connectivity index (χ2v) is 6.45. The van der Waals surface area contributed by atoms with E-state index in [1.54, 1.807) is 18.2 Å². The SMILES string of the molecule is Cc1cc(Cl)ccc1Cn1nc(/C=C/C(=O)O)c2ccc(C(F)(F)F)cc21. The van der Waals surface area contributed by atoms with Crippen LogP contribution >= 0.6 is 11.6 Å². The maximum Gasteiger partial charge on any atom is 0.416 e. The van der Waals surface area contributed by atoms with Crippen LogP contribution in [0.25, 0.3) is 17.0 Å². The zero-order valence-corrected chi connectivity index (χ0v) is 14.8. The summed E-state index contributed by atoms with van der Waals surface area (Å²) >= 11 is 5.95. The Labute approximate surface area is 157 Å². The number of carboxylic acid groups (broad SMARTS) is 1. The number of aliphatic carboxylic acids is 1.